The van der Waals surface area contributed by atoms with Crippen LogP contribution in [-0.4, -0.2) is 47.4 Å². The topological polar surface area (TPSA) is 95.9 Å². The van der Waals surface area contributed by atoms with Gasteiger partial charge in [0.1, 0.15) is 0 Å². The van der Waals surface area contributed by atoms with E-state index in [9.17, 15) is 19.8 Å². The Kier molecular flexibility index (Phi) is 72.3. The van der Waals surface area contributed by atoms with Gasteiger partial charge < -0.3 is 20.3 Å². The molecule has 6 heteroatoms. The predicted octanol–water partition coefficient (Wildman–Crippen LogP) is 25.3. The number of rotatable bonds is 73. The van der Waals surface area contributed by atoms with Gasteiger partial charge in [0.05, 0.1) is 25.4 Å². The molecule has 0 rings (SSSR count). The van der Waals surface area contributed by atoms with Crippen molar-refractivity contribution >= 4 is 11.9 Å². The van der Waals surface area contributed by atoms with Crippen LogP contribution in [0.2, 0.25) is 0 Å². The highest BCUT2D eigenvalue weighted by atomic mass is 16.5. The Morgan fingerprint density at radius 1 is 0.321 bits per heavy atom. The van der Waals surface area contributed by atoms with Crippen LogP contribution in [0.1, 0.15) is 438 Å². The van der Waals surface area contributed by atoms with E-state index in [1.807, 2.05) is 0 Å². The molecule has 0 aromatic heterocycles. The fraction of sp³-hybridized carbons (Fsp3) is 0.923. The number of amides is 1. The molecule has 0 aromatic rings. The minimum Gasteiger partial charge on any atom is -0.466 e. The van der Waals surface area contributed by atoms with Gasteiger partial charge in [0.15, 0.2) is 0 Å². The number of carbonyl (C=O) groups excluding carboxylic acids is 2. The van der Waals surface area contributed by atoms with Gasteiger partial charge in [0.2, 0.25) is 5.91 Å². The first-order valence-corrected chi connectivity index (χ1v) is 38.6. The second kappa shape index (κ2) is 73.8. The maximum absolute atomic E-state index is 12.6. The van der Waals surface area contributed by atoms with Crippen molar-refractivity contribution in [1.82, 2.24) is 5.32 Å². The summed E-state index contributed by atoms with van der Waals surface area (Å²) in [5, 5.41) is 23.4. The Morgan fingerprint density at radius 2 is 0.560 bits per heavy atom. The molecule has 498 valence electrons. The molecule has 3 N–H and O–H groups in total. The number of ether oxygens (including phenoxy) is 1. The molecule has 0 heterocycles. The fourth-order valence-corrected chi connectivity index (χ4v) is 12.3. The van der Waals surface area contributed by atoms with Crippen molar-refractivity contribution < 1.29 is 24.5 Å². The monoisotopic (exact) mass is 1180 g/mol. The van der Waals surface area contributed by atoms with Gasteiger partial charge in [0.25, 0.3) is 0 Å². The summed E-state index contributed by atoms with van der Waals surface area (Å²) in [6, 6.07) is -0.541. The summed E-state index contributed by atoms with van der Waals surface area (Å²) in [6.07, 6.45) is 94.0. The van der Waals surface area contributed by atoms with Crippen LogP contribution in [0.25, 0.3) is 0 Å². The first-order chi connectivity index (χ1) is 41.5. The maximum atomic E-state index is 12.6. The zero-order valence-corrected chi connectivity index (χ0v) is 57.2. The SMILES string of the molecule is CCCCCCCCC/C=C\CCCCCCCC(=O)OCCCCCCCCCCCCCC/C=C\CCCCCCCCCCCCCCCCC(=O)NC(CO)C(O)CCCCCCCCCCCCCCCCCCCCCCC. The maximum Gasteiger partial charge on any atom is 0.305 e. The molecule has 6 nitrogen and oxygen atoms in total. The number of unbranched alkanes of at least 4 members (excludes halogenated alkanes) is 58. The summed E-state index contributed by atoms with van der Waals surface area (Å²) in [6.45, 7) is 4.99. The number of aliphatic hydroxyl groups excluding tert-OH is 2. The lowest BCUT2D eigenvalue weighted by molar-refractivity contribution is -0.143. The summed E-state index contributed by atoms with van der Waals surface area (Å²) in [4.78, 5) is 24.6. The van der Waals surface area contributed by atoms with E-state index in [4.69, 9.17) is 4.74 Å². The summed E-state index contributed by atoms with van der Waals surface area (Å²) in [5.41, 5.74) is 0. The van der Waals surface area contributed by atoms with Gasteiger partial charge in [-0.3, -0.25) is 9.59 Å². The highest BCUT2D eigenvalue weighted by Crippen LogP contribution is 2.20. The van der Waals surface area contributed by atoms with E-state index in [-0.39, 0.29) is 18.5 Å². The lowest BCUT2D eigenvalue weighted by Crippen LogP contribution is -2.45. The molecule has 84 heavy (non-hydrogen) atoms. The second-order valence-corrected chi connectivity index (χ2v) is 26.7. The first kappa shape index (κ1) is 82.3. The van der Waals surface area contributed by atoms with Gasteiger partial charge in [-0.25, -0.2) is 0 Å². The summed E-state index contributed by atoms with van der Waals surface area (Å²) < 4.78 is 5.50. The first-order valence-electron chi connectivity index (χ1n) is 38.6. The number of esters is 1. The zero-order chi connectivity index (χ0) is 60.6. The van der Waals surface area contributed by atoms with Crippen LogP contribution in [0.15, 0.2) is 24.3 Å². The minimum atomic E-state index is -0.664. The third-order valence-electron chi connectivity index (χ3n) is 18.2. The van der Waals surface area contributed by atoms with Crippen LogP contribution in [0.3, 0.4) is 0 Å². The van der Waals surface area contributed by atoms with Crippen molar-refractivity contribution in [3.63, 3.8) is 0 Å². The van der Waals surface area contributed by atoms with Crippen molar-refractivity contribution in [1.29, 1.82) is 0 Å². The van der Waals surface area contributed by atoms with Crippen LogP contribution in [0.4, 0.5) is 0 Å². The summed E-state index contributed by atoms with van der Waals surface area (Å²) in [7, 11) is 0. The van der Waals surface area contributed by atoms with Crippen LogP contribution in [0.5, 0.6) is 0 Å². The molecule has 2 atom stereocenters. The third-order valence-corrected chi connectivity index (χ3v) is 18.2. The van der Waals surface area contributed by atoms with E-state index < -0.39 is 12.1 Å². The second-order valence-electron chi connectivity index (χ2n) is 26.7. The molecule has 0 spiro atoms. The van der Waals surface area contributed by atoms with Crippen LogP contribution < -0.4 is 5.32 Å². The highest BCUT2D eigenvalue weighted by molar-refractivity contribution is 5.76. The van der Waals surface area contributed by atoms with Gasteiger partial charge in [-0.2, -0.15) is 0 Å². The van der Waals surface area contributed by atoms with Gasteiger partial charge in [-0.15, -0.1) is 0 Å². The molecule has 0 saturated carbocycles. The van der Waals surface area contributed by atoms with Crippen molar-refractivity contribution in [2.75, 3.05) is 13.2 Å². The normalized spacial score (nSPS) is 12.6. The predicted molar refractivity (Wildman–Crippen MR) is 370 cm³/mol. The Morgan fingerprint density at radius 3 is 0.845 bits per heavy atom. The van der Waals surface area contributed by atoms with Crippen molar-refractivity contribution in [2.45, 2.75) is 450 Å². The van der Waals surface area contributed by atoms with Crippen LogP contribution in [0, 0.1) is 0 Å². The standard InChI is InChI=1S/C78H151NO5/c1-3-5-7-9-11-13-15-17-19-21-22-33-36-39-42-46-50-54-58-62-66-70-76(81)75(74-80)79-77(82)71-67-63-59-55-51-47-43-40-37-34-31-29-27-25-23-24-26-28-30-32-35-38-41-45-49-53-57-61-65-69-73-84-78(83)72-68-64-60-56-52-48-44-20-18-16-14-12-10-8-6-4-2/h20,24,26,44,75-76,80-81H,3-19,21-23,25,27-43,45-74H2,1-2H3,(H,79,82)/b26-24-,44-20-. The molecule has 0 radical (unpaired) electrons. The van der Waals surface area contributed by atoms with Crippen molar-refractivity contribution in [3.8, 4) is 0 Å². The van der Waals surface area contributed by atoms with Gasteiger partial charge in [-0.1, -0.05) is 372 Å². The van der Waals surface area contributed by atoms with E-state index >= 15 is 0 Å². The number of aliphatic hydroxyl groups is 2. The van der Waals surface area contributed by atoms with Crippen LogP contribution in [-0.2, 0) is 14.3 Å². The smallest absolute Gasteiger partial charge is 0.305 e. The van der Waals surface area contributed by atoms with E-state index in [2.05, 4.69) is 43.5 Å². The highest BCUT2D eigenvalue weighted by Gasteiger charge is 2.20. The molecule has 1 amide bonds. The zero-order valence-electron chi connectivity index (χ0n) is 57.2. The van der Waals surface area contributed by atoms with E-state index in [0.717, 1.165) is 44.9 Å². The average Bonchev–Trinajstić information content (AvgIpc) is 3.51. The number of allylic oxidation sites excluding steroid dienone is 4. The molecule has 0 bridgehead atoms. The minimum absolute atomic E-state index is 0.0107. The lowest BCUT2D eigenvalue weighted by atomic mass is 10.0. The molecule has 0 aromatic carbocycles. The number of hydrogen-bond acceptors (Lipinski definition) is 5. The van der Waals surface area contributed by atoms with Gasteiger partial charge >= 0.3 is 5.97 Å². The lowest BCUT2D eigenvalue weighted by Gasteiger charge is -2.22. The molecule has 0 fully saturated rings. The third kappa shape index (κ3) is 69.4. The van der Waals surface area contributed by atoms with Crippen molar-refractivity contribution in [3.05, 3.63) is 24.3 Å². The largest absolute Gasteiger partial charge is 0.466 e. The Bertz CT molecular complexity index is 1320. The molecule has 0 aliphatic rings. The number of nitrogens with one attached hydrogen (secondary N) is 1. The quantitative estimate of drug-likeness (QED) is 0.0320. The summed E-state index contributed by atoms with van der Waals surface area (Å²) in [5.74, 6) is -0.0178. The van der Waals surface area contributed by atoms with E-state index in [1.54, 1.807) is 0 Å². The Hall–Kier alpha value is -1.66. The fourth-order valence-electron chi connectivity index (χ4n) is 12.3. The van der Waals surface area contributed by atoms with Crippen molar-refractivity contribution in [2.24, 2.45) is 0 Å². The van der Waals surface area contributed by atoms with Gasteiger partial charge in [-0.05, 0) is 77.0 Å². The average molecular weight is 1180 g/mol. The summed E-state index contributed by atoms with van der Waals surface area (Å²) >= 11 is 0. The molecular weight excluding hydrogens is 1030 g/mol. The molecule has 2 unspecified atom stereocenters. The van der Waals surface area contributed by atoms with Gasteiger partial charge in [0, 0.05) is 12.8 Å². The van der Waals surface area contributed by atoms with E-state index in [1.165, 1.54) is 360 Å². The molecule has 0 aliphatic heterocycles. The van der Waals surface area contributed by atoms with E-state index in [0.29, 0.717) is 25.9 Å². The molecule has 0 saturated heterocycles. The number of hydrogen-bond donors (Lipinski definition) is 3. The Balaban J connectivity index is 3.36. The molecular formula is C78H151NO5. The van der Waals surface area contributed by atoms with Crippen LogP contribution >= 0.6 is 0 Å². The molecule has 0 aliphatic carbocycles. The number of carbonyl (C=O) groups is 2. The Labute approximate surface area is 526 Å².